The van der Waals surface area contributed by atoms with Crippen LogP contribution in [-0.4, -0.2) is 30.1 Å². The van der Waals surface area contributed by atoms with E-state index in [0.717, 1.165) is 11.1 Å². The van der Waals surface area contributed by atoms with E-state index in [1.165, 1.54) is 7.11 Å². The van der Waals surface area contributed by atoms with Crippen molar-refractivity contribution in [1.82, 2.24) is 4.90 Å². The fourth-order valence-electron chi connectivity index (χ4n) is 3.72. The first-order valence-corrected chi connectivity index (χ1v) is 8.67. The highest BCUT2D eigenvalue weighted by Crippen LogP contribution is 2.44. The lowest BCUT2D eigenvalue weighted by Gasteiger charge is -2.38. The number of amides is 1. The van der Waals surface area contributed by atoms with Crippen LogP contribution in [0.15, 0.2) is 72.5 Å². The van der Waals surface area contributed by atoms with E-state index >= 15 is 0 Å². The lowest BCUT2D eigenvalue weighted by atomic mass is 9.94. The number of benzene rings is 2. The van der Waals surface area contributed by atoms with Gasteiger partial charge in [-0.3, -0.25) is 4.90 Å². The third-order valence-electron chi connectivity index (χ3n) is 4.91. The lowest BCUT2D eigenvalue weighted by molar-refractivity contribution is -0.331. The van der Waals surface area contributed by atoms with Crippen LogP contribution in [0, 0.1) is 0 Å². The number of allylic oxidation sites excluding steroid dienone is 1. The molecule has 1 fully saturated rings. The van der Waals surface area contributed by atoms with Crippen LogP contribution in [0.25, 0.3) is 0 Å². The van der Waals surface area contributed by atoms with Gasteiger partial charge in [0.05, 0.1) is 11.8 Å². The maximum atomic E-state index is 12.9. The summed E-state index contributed by atoms with van der Waals surface area (Å²) in [7, 11) is 1.50. The van der Waals surface area contributed by atoms with Gasteiger partial charge >= 0.3 is 12.1 Å². The monoisotopic (exact) mass is 351 g/mol. The molecule has 2 aromatic rings. The van der Waals surface area contributed by atoms with Crippen molar-refractivity contribution in [3.05, 3.63) is 83.6 Å². The van der Waals surface area contributed by atoms with E-state index in [9.17, 15) is 4.79 Å². The minimum absolute atomic E-state index is 0.290. The molecule has 26 heavy (non-hydrogen) atoms. The first kappa shape index (κ1) is 16.7. The molecule has 2 aliphatic rings. The van der Waals surface area contributed by atoms with Gasteiger partial charge in [0.25, 0.3) is 0 Å². The Morgan fingerprint density at radius 2 is 1.62 bits per heavy atom. The van der Waals surface area contributed by atoms with Gasteiger partial charge in [-0.05, 0) is 30.5 Å². The van der Waals surface area contributed by atoms with Crippen molar-refractivity contribution in [1.29, 1.82) is 0 Å². The fraction of sp³-hybridized carbons (Fsp3) is 0.286. The molecule has 0 N–H and O–H groups in total. The Kier molecular flexibility index (Phi) is 4.17. The quantitative estimate of drug-likeness (QED) is 0.827. The molecule has 0 bridgehead atoms. The highest BCUT2D eigenvalue weighted by Gasteiger charge is 2.60. The molecule has 0 spiro atoms. The predicted molar refractivity (Wildman–Crippen MR) is 96.0 cm³/mol. The van der Waals surface area contributed by atoms with Crippen LogP contribution in [-0.2, 0) is 14.2 Å². The third-order valence-corrected chi connectivity index (χ3v) is 4.91. The maximum absolute atomic E-state index is 12.9. The third kappa shape index (κ3) is 2.65. The molecular weight excluding hydrogens is 330 g/mol. The van der Waals surface area contributed by atoms with E-state index in [-0.39, 0.29) is 12.1 Å². The second-order valence-electron chi connectivity index (χ2n) is 6.48. The van der Waals surface area contributed by atoms with Crippen LogP contribution in [0.5, 0.6) is 0 Å². The van der Waals surface area contributed by atoms with Crippen molar-refractivity contribution in [3.8, 4) is 0 Å². The van der Waals surface area contributed by atoms with Crippen molar-refractivity contribution in [3.63, 3.8) is 0 Å². The number of nitrogens with zero attached hydrogens (tertiary/aromatic N) is 1. The summed E-state index contributed by atoms with van der Waals surface area (Å²) in [5.41, 5.74) is 2.02. The number of hydrogen-bond acceptors (Lipinski definition) is 4. The molecule has 2 heterocycles. The van der Waals surface area contributed by atoms with Gasteiger partial charge in [0.2, 0.25) is 0 Å². The van der Waals surface area contributed by atoms with Crippen LogP contribution in [0.2, 0.25) is 0 Å². The van der Waals surface area contributed by atoms with E-state index < -0.39 is 12.1 Å². The molecule has 5 nitrogen and oxygen atoms in total. The van der Waals surface area contributed by atoms with Crippen molar-refractivity contribution < 1.29 is 19.0 Å². The maximum Gasteiger partial charge on any atom is 0.416 e. The van der Waals surface area contributed by atoms with E-state index in [1.54, 1.807) is 4.90 Å². The molecule has 2 aromatic carbocycles. The average molecular weight is 351 g/mol. The second kappa shape index (κ2) is 6.50. The molecule has 0 saturated carbocycles. The van der Waals surface area contributed by atoms with Crippen molar-refractivity contribution in [2.45, 2.75) is 31.4 Å². The molecule has 5 heteroatoms. The Hall–Kier alpha value is -2.79. The first-order valence-electron chi connectivity index (χ1n) is 8.67. The molecule has 1 saturated heterocycles. The summed E-state index contributed by atoms with van der Waals surface area (Å²) in [6, 6.07) is 19.2. The number of hydrogen-bond donors (Lipinski definition) is 0. The molecule has 1 amide bonds. The summed E-state index contributed by atoms with van der Waals surface area (Å²) in [5, 5.41) is 0. The topological polar surface area (TPSA) is 48.0 Å². The zero-order valence-corrected chi connectivity index (χ0v) is 14.8. The molecule has 0 radical (unpaired) electrons. The number of methoxy groups -OCH3 is 1. The Bertz CT molecular complexity index is 781. The smallest absolute Gasteiger partial charge is 0.416 e. The number of carbonyl (C=O) groups excluding carboxylic acids is 1. The normalized spacial score (nSPS) is 24.7. The first-order chi connectivity index (χ1) is 12.6. The van der Waals surface area contributed by atoms with Gasteiger partial charge in [-0.1, -0.05) is 60.7 Å². The molecule has 0 aromatic heterocycles. The Balaban J connectivity index is 1.82. The number of carbonyl (C=O) groups is 1. The van der Waals surface area contributed by atoms with Crippen molar-refractivity contribution in [2.75, 3.05) is 7.11 Å². The van der Waals surface area contributed by atoms with Gasteiger partial charge in [0.1, 0.15) is 6.04 Å². The average Bonchev–Trinajstić information content (AvgIpc) is 2.96. The summed E-state index contributed by atoms with van der Waals surface area (Å²) in [6.07, 6.45) is 2.11. The van der Waals surface area contributed by atoms with Gasteiger partial charge in [-0.25, -0.2) is 4.79 Å². The number of fused-ring (bicyclic) bond motifs is 1. The van der Waals surface area contributed by atoms with Crippen LogP contribution < -0.4 is 0 Å². The highest BCUT2D eigenvalue weighted by molar-refractivity contribution is 5.73. The van der Waals surface area contributed by atoms with E-state index in [0.29, 0.717) is 12.2 Å². The fourth-order valence-corrected chi connectivity index (χ4v) is 3.72. The van der Waals surface area contributed by atoms with Gasteiger partial charge in [0, 0.05) is 7.11 Å². The molecule has 134 valence electrons. The summed E-state index contributed by atoms with van der Waals surface area (Å²) in [6.45, 7) is 1.83. The standard InChI is InChI=1S/C21H21NO4/c1-15-13-14-18-21(24-2,25-15)26-20(23)22(18)19(16-9-5-3-6-10-16)17-11-7-4-8-12-17/h3-13,18-19H,14H2,1-2H3. The number of rotatable bonds is 4. The Morgan fingerprint density at radius 3 is 2.15 bits per heavy atom. The molecule has 2 atom stereocenters. The zero-order chi connectivity index (χ0) is 18.1. The minimum Gasteiger partial charge on any atom is -0.433 e. The van der Waals surface area contributed by atoms with Gasteiger partial charge in [-0.15, -0.1) is 0 Å². The summed E-state index contributed by atoms with van der Waals surface area (Å²) in [5.74, 6) is -0.716. The minimum atomic E-state index is -1.41. The second-order valence-corrected chi connectivity index (χ2v) is 6.48. The predicted octanol–water partition coefficient (Wildman–Crippen LogP) is 4.22. The highest BCUT2D eigenvalue weighted by atomic mass is 16.9. The SMILES string of the molecule is COC12OC(=O)N(C(c3ccccc3)c3ccccc3)C1CC=C(C)O2. The van der Waals surface area contributed by atoms with E-state index in [2.05, 4.69) is 0 Å². The van der Waals surface area contributed by atoms with Gasteiger partial charge in [-0.2, -0.15) is 0 Å². The van der Waals surface area contributed by atoms with Crippen LogP contribution in [0.1, 0.15) is 30.5 Å². The van der Waals surface area contributed by atoms with E-state index in [4.69, 9.17) is 14.2 Å². The van der Waals surface area contributed by atoms with Gasteiger partial charge in [0.15, 0.2) is 0 Å². The van der Waals surface area contributed by atoms with Crippen LogP contribution in [0.4, 0.5) is 4.79 Å². The van der Waals surface area contributed by atoms with Crippen molar-refractivity contribution in [2.24, 2.45) is 0 Å². The van der Waals surface area contributed by atoms with E-state index in [1.807, 2.05) is 73.7 Å². The summed E-state index contributed by atoms with van der Waals surface area (Å²) >= 11 is 0. The molecule has 4 rings (SSSR count). The van der Waals surface area contributed by atoms with Gasteiger partial charge < -0.3 is 14.2 Å². The van der Waals surface area contributed by atoms with Crippen LogP contribution in [0.3, 0.4) is 0 Å². The molecule has 2 aliphatic heterocycles. The molecule has 2 unspecified atom stereocenters. The van der Waals surface area contributed by atoms with Crippen LogP contribution >= 0.6 is 0 Å². The summed E-state index contributed by atoms with van der Waals surface area (Å²) < 4.78 is 17.0. The zero-order valence-electron chi connectivity index (χ0n) is 14.8. The van der Waals surface area contributed by atoms with Crippen molar-refractivity contribution >= 4 is 6.09 Å². The summed E-state index contributed by atoms with van der Waals surface area (Å²) in [4.78, 5) is 14.7. The largest absolute Gasteiger partial charge is 0.433 e. The Labute approximate surface area is 152 Å². The molecule has 0 aliphatic carbocycles. The molecular formula is C21H21NO4. The number of ether oxygens (including phenoxy) is 3. The lowest BCUT2D eigenvalue weighted by Crippen LogP contribution is -2.51. The Morgan fingerprint density at radius 1 is 1.04 bits per heavy atom.